The molecule has 0 aromatic heterocycles. The van der Waals surface area contributed by atoms with Crippen molar-refractivity contribution < 1.29 is 31.7 Å². The van der Waals surface area contributed by atoms with Crippen molar-refractivity contribution in [2.45, 2.75) is 179 Å². The Morgan fingerprint density at radius 3 is 1.38 bits per heavy atom. The Morgan fingerprint density at radius 1 is 0.655 bits per heavy atom. The summed E-state index contributed by atoms with van der Waals surface area (Å²) in [6.07, 6.45) is 11.6. The van der Waals surface area contributed by atoms with E-state index in [1.165, 1.54) is 24.0 Å². The first-order valence-corrected chi connectivity index (χ1v) is 22.8. The summed E-state index contributed by atoms with van der Waals surface area (Å²) in [5.41, 5.74) is 4.03. The molecule has 0 saturated heterocycles. The SMILES string of the molecule is CCCCc1ccc(NC(=O)OC2CCC(NS(=O)(=O)C(C)(C)C)CC2)cc1.CCCCc1ccc(NC(=O)OC2CCC(NS(=O)C(C)(C)C)CC2)cc1. The highest BCUT2D eigenvalue weighted by atomic mass is 32.2. The molecular formula is C42H68N4O7S2. The molecule has 2 aliphatic carbocycles. The van der Waals surface area contributed by atoms with Gasteiger partial charge in [0, 0.05) is 23.5 Å². The molecule has 0 bridgehead atoms. The molecule has 1 unspecified atom stereocenters. The van der Waals surface area contributed by atoms with E-state index in [1.54, 1.807) is 20.8 Å². The van der Waals surface area contributed by atoms with Crippen LogP contribution >= 0.6 is 0 Å². The van der Waals surface area contributed by atoms with Gasteiger partial charge in [0.1, 0.15) is 12.2 Å². The number of sulfonamides is 1. The maximum Gasteiger partial charge on any atom is 0.411 e. The minimum Gasteiger partial charge on any atom is -0.446 e. The highest BCUT2D eigenvalue weighted by Crippen LogP contribution is 2.26. The fraction of sp³-hybridized carbons (Fsp3) is 0.667. The minimum absolute atomic E-state index is 0.0741. The number of carbonyl (C=O) groups is 2. The lowest BCUT2D eigenvalue weighted by Gasteiger charge is -2.31. The Bertz CT molecular complexity index is 1590. The predicted molar refractivity (Wildman–Crippen MR) is 225 cm³/mol. The molecule has 11 nitrogen and oxygen atoms in total. The van der Waals surface area contributed by atoms with Crippen LogP contribution in [0.1, 0.15) is 144 Å². The van der Waals surface area contributed by atoms with Gasteiger partial charge in [-0.25, -0.2) is 31.7 Å². The van der Waals surface area contributed by atoms with Gasteiger partial charge in [0.25, 0.3) is 0 Å². The zero-order chi connectivity index (χ0) is 40.6. The largest absolute Gasteiger partial charge is 0.446 e. The number of anilines is 2. The zero-order valence-electron chi connectivity index (χ0n) is 34.5. The van der Waals surface area contributed by atoms with Crippen LogP contribution in [-0.4, -0.2) is 58.6 Å². The van der Waals surface area contributed by atoms with Crippen molar-refractivity contribution in [3.63, 3.8) is 0 Å². The monoisotopic (exact) mass is 804 g/mol. The zero-order valence-corrected chi connectivity index (χ0v) is 36.1. The fourth-order valence-corrected chi connectivity index (χ4v) is 8.11. The van der Waals surface area contributed by atoms with Crippen LogP contribution in [0, 0.1) is 0 Å². The first-order valence-electron chi connectivity index (χ1n) is 20.2. The first kappa shape index (κ1) is 46.4. The topological polar surface area (TPSA) is 152 Å². The van der Waals surface area contributed by atoms with E-state index in [0.29, 0.717) is 25.7 Å². The molecule has 0 radical (unpaired) electrons. The van der Waals surface area contributed by atoms with E-state index in [1.807, 2.05) is 57.2 Å². The normalized spacial score (nSPS) is 21.0. The molecule has 0 spiro atoms. The number of benzene rings is 2. The van der Waals surface area contributed by atoms with Crippen molar-refractivity contribution in [3.05, 3.63) is 59.7 Å². The summed E-state index contributed by atoms with van der Waals surface area (Å²) in [6, 6.07) is 15.9. The Kier molecular flexibility index (Phi) is 18.6. The Labute approximate surface area is 333 Å². The predicted octanol–water partition coefficient (Wildman–Crippen LogP) is 9.55. The lowest BCUT2D eigenvalue weighted by Crippen LogP contribution is -2.46. The van der Waals surface area contributed by atoms with E-state index >= 15 is 0 Å². The summed E-state index contributed by atoms with van der Waals surface area (Å²) in [6.45, 7) is 15.3. The maximum atomic E-state index is 12.3. The highest BCUT2D eigenvalue weighted by molar-refractivity contribution is 7.90. The molecule has 2 aromatic rings. The van der Waals surface area contributed by atoms with E-state index in [4.69, 9.17) is 9.47 Å². The van der Waals surface area contributed by atoms with Gasteiger partial charge in [0.05, 0.1) is 20.5 Å². The number of nitrogens with one attached hydrogen (secondary N) is 4. The summed E-state index contributed by atoms with van der Waals surface area (Å²) in [4.78, 5) is 24.3. The molecule has 4 rings (SSSR count). The minimum atomic E-state index is -3.36. The summed E-state index contributed by atoms with van der Waals surface area (Å²) >= 11 is 0. The van der Waals surface area contributed by atoms with Crippen LogP contribution < -0.4 is 20.1 Å². The standard InChI is InChI=1S/C21H34N2O4S.C21H34N2O3S/c1-5-6-7-16-8-10-17(11-9-16)22-20(24)27-19-14-12-18(13-15-19)23-28(25,26)21(2,3)4;1-5-6-7-16-8-10-17(11-9-16)22-20(24)26-19-14-12-18(13-15-19)23-27(25)21(2,3)4/h8-11,18-19,23H,5-7,12-15H2,1-4H3,(H,22,24);8-11,18-19,23H,5-7,12-15H2,1-4H3,(H,22,24). The molecule has 2 amide bonds. The third kappa shape index (κ3) is 16.9. The third-order valence-corrected chi connectivity index (χ3v) is 13.8. The molecule has 2 fully saturated rings. The average Bonchev–Trinajstić information content (AvgIpc) is 3.12. The number of ether oxygens (including phenoxy) is 2. The quantitative estimate of drug-likeness (QED) is 0.148. The molecule has 0 aliphatic heterocycles. The van der Waals surface area contributed by atoms with Gasteiger partial charge in [0.2, 0.25) is 10.0 Å². The molecule has 2 saturated carbocycles. The van der Waals surface area contributed by atoms with E-state index in [0.717, 1.165) is 62.7 Å². The summed E-state index contributed by atoms with van der Waals surface area (Å²) in [7, 11) is -4.42. The average molecular weight is 805 g/mol. The maximum absolute atomic E-state index is 12.3. The molecule has 4 N–H and O–H groups in total. The number of carbonyl (C=O) groups excluding carboxylic acids is 2. The third-order valence-electron chi connectivity index (χ3n) is 9.89. The number of aryl methyl sites for hydroxylation is 2. The van der Waals surface area contributed by atoms with E-state index in [9.17, 15) is 22.2 Å². The van der Waals surface area contributed by atoms with Gasteiger partial charge < -0.3 is 9.47 Å². The van der Waals surface area contributed by atoms with Gasteiger partial charge in [-0.2, -0.15) is 0 Å². The van der Waals surface area contributed by atoms with Crippen molar-refractivity contribution in [1.82, 2.24) is 9.44 Å². The second kappa shape index (κ2) is 22.1. The lowest BCUT2D eigenvalue weighted by atomic mass is 9.94. The van der Waals surface area contributed by atoms with Gasteiger partial charge in [-0.15, -0.1) is 0 Å². The van der Waals surface area contributed by atoms with Crippen LogP contribution in [0.25, 0.3) is 0 Å². The molecule has 2 aromatic carbocycles. The van der Waals surface area contributed by atoms with Gasteiger partial charge in [-0.1, -0.05) is 51.0 Å². The first-order chi connectivity index (χ1) is 25.9. The van der Waals surface area contributed by atoms with Gasteiger partial charge in [0.15, 0.2) is 0 Å². The van der Waals surface area contributed by atoms with Crippen molar-refractivity contribution in [2.24, 2.45) is 0 Å². The van der Waals surface area contributed by atoms with Crippen LogP contribution in [0.3, 0.4) is 0 Å². The van der Waals surface area contributed by atoms with E-state index in [2.05, 4.69) is 46.1 Å². The lowest BCUT2D eigenvalue weighted by molar-refractivity contribution is 0.0807. The van der Waals surface area contributed by atoms with Gasteiger partial charge in [-0.05, 0) is 154 Å². The molecule has 2 aliphatic rings. The summed E-state index contributed by atoms with van der Waals surface area (Å²) in [5.74, 6) is 0. The van der Waals surface area contributed by atoms with E-state index in [-0.39, 0.29) is 29.0 Å². The second-order valence-corrected chi connectivity index (χ2v) is 21.3. The smallest absolute Gasteiger partial charge is 0.411 e. The Hall–Kier alpha value is -3.00. The van der Waals surface area contributed by atoms with Crippen molar-refractivity contribution in [2.75, 3.05) is 10.6 Å². The number of hydrogen-bond donors (Lipinski definition) is 4. The van der Waals surface area contributed by atoms with Crippen LogP contribution in [0.4, 0.5) is 21.0 Å². The van der Waals surface area contributed by atoms with Gasteiger partial charge in [-0.3, -0.25) is 10.6 Å². The number of amides is 2. The van der Waals surface area contributed by atoms with Crippen LogP contribution in [0.2, 0.25) is 0 Å². The molecule has 13 heteroatoms. The number of hydrogen-bond acceptors (Lipinski definition) is 7. The number of unbranched alkanes of at least 4 members (excludes halogenated alkanes) is 2. The molecule has 310 valence electrons. The summed E-state index contributed by atoms with van der Waals surface area (Å²) in [5, 5.41) is 5.58. The molecule has 55 heavy (non-hydrogen) atoms. The molecule has 0 heterocycles. The number of rotatable bonds is 14. The van der Waals surface area contributed by atoms with Crippen molar-refractivity contribution in [1.29, 1.82) is 0 Å². The van der Waals surface area contributed by atoms with Crippen LogP contribution in [0.5, 0.6) is 0 Å². The van der Waals surface area contributed by atoms with Crippen molar-refractivity contribution >= 4 is 44.6 Å². The molecular weight excluding hydrogens is 737 g/mol. The second-order valence-electron chi connectivity index (χ2n) is 16.8. The van der Waals surface area contributed by atoms with Gasteiger partial charge >= 0.3 is 12.2 Å². The fourth-order valence-electron chi connectivity index (χ4n) is 6.19. The highest BCUT2D eigenvalue weighted by Gasteiger charge is 2.33. The van der Waals surface area contributed by atoms with Crippen LogP contribution in [0.15, 0.2) is 48.5 Å². The van der Waals surface area contributed by atoms with Crippen LogP contribution in [-0.2, 0) is 43.3 Å². The Morgan fingerprint density at radius 2 is 1.04 bits per heavy atom. The summed E-state index contributed by atoms with van der Waals surface area (Å²) < 4.78 is 52.7. The Balaban J connectivity index is 0.000000296. The van der Waals surface area contributed by atoms with Crippen molar-refractivity contribution in [3.8, 4) is 0 Å². The van der Waals surface area contributed by atoms with E-state index < -0.39 is 37.9 Å². The molecule has 1 atom stereocenters.